The molecular weight excluding hydrogens is 392 g/mol. The van der Waals surface area contributed by atoms with Gasteiger partial charge in [-0.3, -0.25) is 4.79 Å². The van der Waals surface area contributed by atoms with Crippen LogP contribution in [0.2, 0.25) is 0 Å². The van der Waals surface area contributed by atoms with Crippen molar-refractivity contribution >= 4 is 17.3 Å². The molecule has 4 rings (SSSR count). The first kappa shape index (κ1) is 20.5. The van der Waals surface area contributed by atoms with Gasteiger partial charge >= 0.3 is 0 Å². The lowest BCUT2D eigenvalue weighted by Gasteiger charge is -2.22. The van der Waals surface area contributed by atoms with Crippen LogP contribution in [-0.2, 0) is 4.79 Å². The molecule has 1 atom stereocenters. The normalized spacial score (nSPS) is 15.9. The largest absolute Gasteiger partial charge is 0.414 e. The second kappa shape index (κ2) is 8.14. The fourth-order valence-electron chi connectivity index (χ4n) is 3.55. The van der Waals surface area contributed by atoms with Gasteiger partial charge < -0.3 is 15.1 Å². The van der Waals surface area contributed by atoms with Crippen molar-refractivity contribution in [3.05, 3.63) is 59.4 Å². The highest BCUT2D eigenvalue weighted by Crippen LogP contribution is 2.33. The first-order valence-corrected chi connectivity index (χ1v) is 9.99. The van der Waals surface area contributed by atoms with Crippen LogP contribution in [0.15, 0.2) is 52.6 Å². The van der Waals surface area contributed by atoms with Gasteiger partial charge in [-0.1, -0.05) is 36.8 Å². The van der Waals surface area contributed by atoms with Crippen LogP contribution in [0.3, 0.4) is 0 Å². The maximum Gasteiger partial charge on any atom is 0.270 e. The summed E-state index contributed by atoms with van der Waals surface area (Å²) in [4.78, 5) is 22.8. The number of hydrogen-bond acceptors (Lipinski definition) is 7. The van der Waals surface area contributed by atoms with Gasteiger partial charge in [-0.25, -0.2) is 9.97 Å². The van der Waals surface area contributed by atoms with Crippen LogP contribution in [0.5, 0.6) is 0 Å². The second-order valence-electron chi connectivity index (χ2n) is 7.89. The maximum atomic E-state index is 12.3. The third-order valence-electron chi connectivity index (χ3n) is 5.19. The van der Waals surface area contributed by atoms with Crippen LogP contribution >= 0.6 is 0 Å². The summed E-state index contributed by atoms with van der Waals surface area (Å²) in [5.74, 6) is 0.934. The Kier molecular flexibility index (Phi) is 5.37. The minimum Gasteiger partial charge on any atom is -0.414 e. The second-order valence-corrected chi connectivity index (χ2v) is 7.89. The van der Waals surface area contributed by atoms with Gasteiger partial charge in [0.2, 0.25) is 11.8 Å². The monoisotopic (exact) mass is 416 g/mol. The molecule has 8 heteroatoms. The van der Waals surface area contributed by atoms with E-state index < -0.39 is 0 Å². The Morgan fingerprint density at radius 2 is 1.97 bits per heavy atom. The molecule has 0 saturated heterocycles. The molecule has 0 aliphatic heterocycles. The molecule has 2 N–H and O–H groups in total. The Morgan fingerprint density at radius 3 is 2.68 bits per heavy atom. The van der Waals surface area contributed by atoms with Crippen LogP contribution in [0.1, 0.15) is 24.6 Å². The number of aryl methyl sites for hydroxylation is 1. The van der Waals surface area contributed by atoms with E-state index in [1.807, 2.05) is 43.3 Å². The van der Waals surface area contributed by atoms with Crippen LogP contribution < -0.4 is 5.73 Å². The number of nitrogens with zero attached hydrogens (tertiary/aromatic N) is 5. The topological polar surface area (TPSA) is 111 Å². The van der Waals surface area contributed by atoms with E-state index in [1.165, 1.54) is 0 Å². The summed E-state index contributed by atoms with van der Waals surface area (Å²) < 4.78 is 5.85. The highest BCUT2D eigenvalue weighted by atomic mass is 16.4. The van der Waals surface area contributed by atoms with E-state index in [2.05, 4.69) is 27.1 Å². The fourth-order valence-corrected chi connectivity index (χ4v) is 3.55. The fraction of sp³-hybridized carbons (Fsp3) is 0.261. The first-order valence-electron chi connectivity index (χ1n) is 9.99. The zero-order valence-electron chi connectivity index (χ0n) is 18.0. The number of carbonyl (C=O) groups is 1. The number of likely N-dealkylation sites (N-methyl/N-ethyl adjacent to an activating group) is 1. The van der Waals surface area contributed by atoms with Crippen molar-refractivity contribution in [1.82, 2.24) is 25.1 Å². The highest BCUT2D eigenvalue weighted by molar-refractivity contribution is 5.95. The maximum absolute atomic E-state index is 12.3. The Labute approximate surface area is 180 Å². The van der Waals surface area contributed by atoms with Crippen molar-refractivity contribution in [2.24, 2.45) is 5.92 Å². The van der Waals surface area contributed by atoms with Crippen molar-refractivity contribution in [3.63, 3.8) is 0 Å². The molecule has 31 heavy (non-hydrogen) atoms. The number of benzene rings is 1. The molecule has 0 saturated carbocycles. The molecule has 0 fully saturated rings. The summed E-state index contributed by atoms with van der Waals surface area (Å²) in [5.41, 5.74) is 10.7. The molecule has 8 nitrogen and oxygen atoms in total. The zero-order chi connectivity index (χ0) is 22.1. The Balaban J connectivity index is 1.68. The van der Waals surface area contributed by atoms with E-state index >= 15 is 0 Å². The molecule has 2 aromatic heterocycles. The van der Waals surface area contributed by atoms with E-state index in [4.69, 9.17) is 10.2 Å². The molecule has 0 radical (unpaired) electrons. The summed E-state index contributed by atoms with van der Waals surface area (Å²) in [6, 6.07) is 7.81. The van der Waals surface area contributed by atoms with Gasteiger partial charge in [0.15, 0.2) is 11.5 Å². The number of nitrogen functional groups attached to an aromatic ring is 1. The lowest BCUT2D eigenvalue weighted by atomic mass is 9.86. The molecule has 158 valence electrons. The van der Waals surface area contributed by atoms with Gasteiger partial charge in [0, 0.05) is 25.2 Å². The molecule has 2 heterocycles. The van der Waals surface area contributed by atoms with Crippen LogP contribution in [0.25, 0.3) is 28.6 Å². The summed E-state index contributed by atoms with van der Waals surface area (Å²) in [6.45, 7) is 4.06. The third-order valence-corrected chi connectivity index (χ3v) is 5.19. The van der Waals surface area contributed by atoms with Gasteiger partial charge in [0.1, 0.15) is 0 Å². The number of rotatable bonds is 4. The molecular formula is C23H24N6O2. The van der Waals surface area contributed by atoms with Crippen molar-refractivity contribution in [1.29, 1.82) is 0 Å². The van der Waals surface area contributed by atoms with E-state index in [0.717, 1.165) is 22.3 Å². The molecule has 1 aliphatic rings. The SMILES string of the molecule is Cc1cccc(-c2nnc(-c3nc(C4=CC=C(C(=O)N(C)C)CC4C)cnc3N)o2)c1. The number of aromatic nitrogens is 4. The zero-order valence-corrected chi connectivity index (χ0v) is 18.0. The van der Waals surface area contributed by atoms with E-state index in [9.17, 15) is 4.79 Å². The van der Waals surface area contributed by atoms with Crippen molar-refractivity contribution in [3.8, 4) is 23.0 Å². The van der Waals surface area contributed by atoms with Crippen LogP contribution in [-0.4, -0.2) is 45.1 Å². The molecule has 1 aliphatic carbocycles. The lowest BCUT2D eigenvalue weighted by molar-refractivity contribution is -0.124. The van der Waals surface area contributed by atoms with Crippen LogP contribution in [0.4, 0.5) is 5.82 Å². The number of nitrogens with two attached hydrogens (primary N) is 1. The highest BCUT2D eigenvalue weighted by Gasteiger charge is 2.24. The molecule has 0 spiro atoms. The lowest BCUT2D eigenvalue weighted by Crippen LogP contribution is -2.25. The number of amides is 1. The van der Waals surface area contributed by atoms with E-state index in [-0.39, 0.29) is 23.5 Å². The van der Waals surface area contributed by atoms with Crippen LogP contribution in [0, 0.1) is 12.8 Å². The minimum absolute atomic E-state index is 0.0146. The minimum atomic E-state index is 0.0146. The average molecular weight is 416 g/mol. The number of allylic oxidation sites excluding steroid dienone is 3. The Hall–Kier alpha value is -3.81. The molecule has 1 unspecified atom stereocenters. The predicted octanol–water partition coefficient (Wildman–Crippen LogP) is 3.52. The number of anilines is 1. The first-order chi connectivity index (χ1) is 14.8. The standard InChI is InChI=1S/C23H24N6O2/c1-13-6-5-7-15(10-13)21-27-28-22(31-21)19-20(24)25-12-18(26-19)17-9-8-16(11-14(17)2)23(30)29(3)4/h5-10,12,14H,11H2,1-4H3,(H2,24,25). The number of carbonyl (C=O) groups excluding carboxylic acids is 1. The molecule has 1 amide bonds. The summed E-state index contributed by atoms with van der Waals surface area (Å²) in [5, 5.41) is 8.27. The van der Waals surface area contributed by atoms with E-state index in [0.29, 0.717) is 23.7 Å². The summed E-state index contributed by atoms with van der Waals surface area (Å²) >= 11 is 0. The number of hydrogen-bond donors (Lipinski definition) is 1. The van der Waals surface area contributed by atoms with Crippen molar-refractivity contribution in [2.45, 2.75) is 20.3 Å². The molecule has 1 aromatic carbocycles. The quantitative estimate of drug-likeness (QED) is 0.692. The van der Waals surface area contributed by atoms with Crippen molar-refractivity contribution < 1.29 is 9.21 Å². The predicted molar refractivity (Wildman–Crippen MR) is 118 cm³/mol. The molecule has 3 aromatic rings. The third kappa shape index (κ3) is 4.09. The van der Waals surface area contributed by atoms with Gasteiger partial charge in [0.05, 0.1) is 11.9 Å². The van der Waals surface area contributed by atoms with Gasteiger partial charge in [-0.05, 0) is 37.0 Å². The molecule has 0 bridgehead atoms. The average Bonchev–Trinajstić information content (AvgIpc) is 3.24. The van der Waals surface area contributed by atoms with Gasteiger partial charge in [-0.15, -0.1) is 10.2 Å². The van der Waals surface area contributed by atoms with Gasteiger partial charge in [0.25, 0.3) is 5.89 Å². The smallest absolute Gasteiger partial charge is 0.270 e. The summed E-state index contributed by atoms with van der Waals surface area (Å²) in [6.07, 6.45) is 6.02. The summed E-state index contributed by atoms with van der Waals surface area (Å²) in [7, 11) is 3.50. The Morgan fingerprint density at radius 1 is 1.19 bits per heavy atom. The van der Waals surface area contributed by atoms with Gasteiger partial charge in [-0.2, -0.15) is 0 Å². The van der Waals surface area contributed by atoms with Crippen molar-refractivity contribution in [2.75, 3.05) is 19.8 Å². The van der Waals surface area contributed by atoms with E-state index in [1.54, 1.807) is 25.2 Å². The Bertz CT molecular complexity index is 1210.